The first-order chi connectivity index (χ1) is 10.6. The maximum atomic E-state index is 11.0. The van der Waals surface area contributed by atoms with Crippen LogP contribution in [0.15, 0.2) is 30.3 Å². The van der Waals surface area contributed by atoms with E-state index >= 15 is 0 Å². The number of fused-ring (bicyclic) bond motifs is 1. The summed E-state index contributed by atoms with van der Waals surface area (Å²) in [5.74, 6) is -0.0406. The quantitative estimate of drug-likeness (QED) is 0.803. The van der Waals surface area contributed by atoms with E-state index in [1.165, 1.54) is 11.3 Å². The Balaban J connectivity index is 1.86. The molecule has 0 unspecified atom stereocenters. The summed E-state index contributed by atoms with van der Waals surface area (Å²) in [7, 11) is 1.93. The molecule has 22 heavy (non-hydrogen) atoms. The number of carbonyl (C=O) groups is 1. The second-order valence-electron chi connectivity index (χ2n) is 4.97. The van der Waals surface area contributed by atoms with Gasteiger partial charge in [-0.2, -0.15) is 5.26 Å². The highest BCUT2D eigenvalue weighted by molar-refractivity contribution is 7.12. The van der Waals surface area contributed by atoms with Crippen LogP contribution in [0.2, 0.25) is 0 Å². The summed E-state index contributed by atoms with van der Waals surface area (Å²) >= 11 is 1.50. The zero-order valence-corrected chi connectivity index (χ0v) is 12.7. The van der Waals surface area contributed by atoms with Gasteiger partial charge in [-0.05, 0) is 36.8 Å². The molecule has 0 aliphatic carbocycles. The number of benzene rings is 1. The van der Waals surface area contributed by atoms with E-state index in [4.69, 9.17) is 10.4 Å². The predicted molar refractivity (Wildman–Crippen MR) is 84.1 cm³/mol. The average Bonchev–Trinajstić information content (AvgIpc) is 3.09. The van der Waals surface area contributed by atoms with E-state index in [1.54, 1.807) is 18.2 Å². The molecular formula is C16H13N3O2S. The van der Waals surface area contributed by atoms with Gasteiger partial charge in [0.1, 0.15) is 16.8 Å². The van der Waals surface area contributed by atoms with Gasteiger partial charge in [-0.15, -0.1) is 11.3 Å². The van der Waals surface area contributed by atoms with Crippen molar-refractivity contribution < 1.29 is 9.90 Å². The summed E-state index contributed by atoms with van der Waals surface area (Å²) in [5.41, 5.74) is 1.86. The first-order valence-electron chi connectivity index (χ1n) is 6.76. The van der Waals surface area contributed by atoms with Crippen LogP contribution in [-0.4, -0.2) is 20.6 Å². The summed E-state index contributed by atoms with van der Waals surface area (Å²) in [5, 5.41) is 17.9. The molecule has 0 bridgehead atoms. The molecule has 2 heterocycles. The van der Waals surface area contributed by atoms with Crippen LogP contribution >= 0.6 is 11.3 Å². The smallest absolute Gasteiger partial charge is 0.335 e. The minimum absolute atomic E-state index is 0.245. The van der Waals surface area contributed by atoms with Crippen molar-refractivity contribution in [2.45, 2.75) is 12.8 Å². The number of rotatable bonds is 4. The van der Waals surface area contributed by atoms with Crippen LogP contribution in [-0.2, 0) is 19.9 Å². The van der Waals surface area contributed by atoms with Gasteiger partial charge >= 0.3 is 5.97 Å². The molecule has 0 saturated heterocycles. The van der Waals surface area contributed by atoms with Gasteiger partial charge in [0.15, 0.2) is 0 Å². The molecule has 0 fully saturated rings. The van der Waals surface area contributed by atoms with Crippen molar-refractivity contribution in [1.29, 1.82) is 5.26 Å². The fourth-order valence-electron chi connectivity index (χ4n) is 2.41. The first kappa shape index (κ1) is 14.3. The summed E-state index contributed by atoms with van der Waals surface area (Å²) in [4.78, 5) is 17.4. The molecule has 0 saturated carbocycles. The van der Waals surface area contributed by atoms with E-state index in [2.05, 4.69) is 11.1 Å². The van der Waals surface area contributed by atoms with Gasteiger partial charge < -0.3 is 9.67 Å². The fraction of sp³-hybridized carbons (Fsp3) is 0.188. The zero-order chi connectivity index (χ0) is 15.7. The number of hydrogen-bond donors (Lipinski definition) is 1. The number of aryl methyl sites for hydroxylation is 3. The second-order valence-corrected chi connectivity index (χ2v) is 6.14. The topological polar surface area (TPSA) is 78.9 Å². The molecule has 2 aromatic heterocycles. The number of aromatic carboxylic acids is 1. The molecule has 0 amide bonds. The van der Waals surface area contributed by atoms with Crippen molar-refractivity contribution in [2.75, 3.05) is 0 Å². The van der Waals surface area contributed by atoms with E-state index in [9.17, 15) is 4.79 Å². The molecule has 3 aromatic rings. The minimum atomic E-state index is -0.947. The van der Waals surface area contributed by atoms with Crippen LogP contribution in [0.25, 0.3) is 11.0 Å². The van der Waals surface area contributed by atoms with Gasteiger partial charge in [0.25, 0.3) is 0 Å². The Morgan fingerprint density at radius 1 is 1.36 bits per heavy atom. The van der Waals surface area contributed by atoms with Gasteiger partial charge in [0.2, 0.25) is 0 Å². The molecule has 0 aliphatic heterocycles. The number of nitriles is 1. The van der Waals surface area contributed by atoms with Crippen molar-refractivity contribution in [1.82, 2.24) is 9.55 Å². The Hall–Kier alpha value is -2.65. The fourth-order valence-corrected chi connectivity index (χ4v) is 3.22. The summed E-state index contributed by atoms with van der Waals surface area (Å²) in [6, 6.07) is 10.9. The average molecular weight is 311 g/mol. The van der Waals surface area contributed by atoms with Gasteiger partial charge in [-0.1, -0.05) is 0 Å². The van der Waals surface area contributed by atoms with Crippen molar-refractivity contribution in [3.8, 4) is 6.07 Å². The van der Waals surface area contributed by atoms with Crippen LogP contribution in [0.3, 0.4) is 0 Å². The van der Waals surface area contributed by atoms with Crippen LogP contribution in [0.4, 0.5) is 0 Å². The molecule has 110 valence electrons. The molecule has 0 radical (unpaired) electrons. The van der Waals surface area contributed by atoms with E-state index in [-0.39, 0.29) is 5.56 Å². The monoisotopic (exact) mass is 311 g/mol. The van der Waals surface area contributed by atoms with Crippen LogP contribution in [0, 0.1) is 11.3 Å². The van der Waals surface area contributed by atoms with E-state index in [0.29, 0.717) is 10.4 Å². The number of aromatic nitrogens is 2. The van der Waals surface area contributed by atoms with E-state index in [0.717, 1.165) is 29.1 Å². The molecule has 0 aliphatic rings. The third-order valence-electron chi connectivity index (χ3n) is 3.59. The molecule has 0 spiro atoms. The highest BCUT2D eigenvalue weighted by Gasteiger charge is 2.11. The Kier molecular flexibility index (Phi) is 3.65. The predicted octanol–water partition coefficient (Wildman–Crippen LogP) is 2.99. The molecule has 6 heteroatoms. The Labute approximate surface area is 131 Å². The van der Waals surface area contributed by atoms with Crippen molar-refractivity contribution in [3.05, 3.63) is 51.5 Å². The lowest BCUT2D eigenvalue weighted by Gasteiger charge is -2.01. The second kappa shape index (κ2) is 5.62. The van der Waals surface area contributed by atoms with Gasteiger partial charge in [0.05, 0.1) is 16.6 Å². The van der Waals surface area contributed by atoms with Crippen molar-refractivity contribution in [2.24, 2.45) is 7.05 Å². The number of imidazole rings is 1. The first-order valence-corrected chi connectivity index (χ1v) is 7.57. The van der Waals surface area contributed by atoms with Crippen molar-refractivity contribution >= 4 is 28.3 Å². The molecule has 1 N–H and O–H groups in total. The van der Waals surface area contributed by atoms with E-state index in [1.807, 2.05) is 23.7 Å². The van der Waals surface area contributed by atoms with Crippen LogP contribution < -0.4 is 0 Å². The van der Waals surface area contributed by atoms with Crippen LogP contribution in [0.5, 0.6) is 0 Å². The SMILES string of the molecule is Cn1c(CCc2ccc(C#N)s2)nc2cc(C(=O)O)ccc21. The number of carboxylic acid groups (broad SMARTS) is 1. The summed E-state index contributed by atoms with van der Waals surface area (Å²) < 4.78 is 1.99. The number of carboxylic acids is 1. The maximum absolute atomic E-state index is 11.0. The number of thiophene rings is 1. The van der Waals surface area contributed by atoms with Crippen molar-refractivity contribution in [3.63, 3.8) is 0 Å². The number of hydrogen-bond acceptors (Lipinski definition) is 4. The molecule has 1 aromatic carbocycles. The highest BCUT2D eigenvalue weighted by atomic mass is 32.1. The third-order valence-corrected chi connectivity index (χ3v) is 4.64. The standard InChI is InChI=1S/C16H13N3O2S/c1-19-14-6-2-10(16(20)21)8-13(14)18-15(19)7-5-11-3-4-12(9-17)22-11/h2-4,6,8H,5,7H2,1H3,(H,20,21). The maximum Gasteiger partial charge on any atom is 0.335 e. The minimum Gasteiger partial charge on any atom is -0.478 e. The normalized spacial score (nSPS) is 10.7. The summed E-state index contributed by atoms with van der Waals surface area (Å²) in [6.45, 7) is 0. The third kappa shape index (κ3) is 2.59. The van der Waals surface area contributed by atoms with Gasteiger partial charge in [0, 0.05) is 18.3 Å². The zero-order valence-electron chi connectivity index (χ0n) is 11.9. The van der Waals surface area contributed by atoms with E-state index < -0.39 is 5.97 Å². The molecule has 5 nitrogen and oxygen atoms in total. The highest BCUT2D eigenvalue weighted by Crippen LogP contribution is 2.20. The molecular weight excluding hydrogens is 298 g/mol. The lowest BCUT2D eigenvalue weighted by molar-refractivity contribution is 0.0697. The van der Waals surface area contributed by atoms with Crippen LogP contribution in [0.1, 0.15) is 25.9 Å². The Morgan fingerprint density at radius 3 is 2.86 bits per heavy atom. The lowest BCUT2D eigenvalue weighted by Crippen LogP contribution is -1.99. The Morgan fingerprint density at radius 2 is 2.18 bits per heavy atom. The summed E-state index contributed by atoms with van der Waals surface area (Å²) in [6.07, 6.45) is 1.56. The largest absolute Gasteiger partial charge is 0.478 e. The van der Waals surface area contributed by atoms with Gasteiger partial charge in [-0.3, -0.25) is 0 Å². The number of nitrogens with zero attached hydrogens (tertiary/aromatic N) is 3. The Bertz CT molecular complexity index is 902. The molecule has 3 rings (SSSR count). The van der Waals surface area contributed by atoms with Gasteiger partial charge in [-0.25, -0.2) is 9.78 Å². The molecule has 0 atom stereocenters. The lowest BCUT2D eigenvalue weighted by atomic mass is 10.2.